The van der Waals surface area contributed by atoms with Gasteiger partial charge in [0.1, 0.15) is 0 Å². The molecular weight excluding hydrogens is 372 g/mol. The van der Waals surface area contributed by atoms with Crippen LogP contribution in [0.5, 0.6) is 0 Å². The molecule has 28 heavy (non-hydrogen) atoms. The summed E-state index contributed by atoms with van der Waals surface area (Å²) in [5.74, 6) is 0.873. The van der Waals surface area contributed by atoms with Crippen molar-refractivity contribution in [3.05, 3.63) is 71.3 Å². The van der Waals surface area contributed by atoms with E-state index in [1.807, 2.05) is 57.7 Å². The van der Waals surface area contributed by atoms with E-state index in [4.69, 9.17) is 16.7 Å². The minimum atomic E-state index is -0.114. The molecule has 1 aromatic carbocycles. The molecule has 6 nitrogen and oxygen atoms in total. The van der Waals surface area contributed by atoms with Crippen LogP contribution in [0.25, 0.3) is 16.9 Å². The van der Waals surface area contributed by atoms with Gasteiger partial charge in [0.25, 0.3) is 0 Å². The smallest absolute Gasteiger partial charge is 0.160 e. The molecule has 144 valence electrons. The average molecular weight is 395 g/mol. The van der Waals surface area contributed by atoms with Crippen molar-refractivity contribution < 1.29 is 0 Å². The lowest BCUT2D eigenvalue weighted by molar-refractivity contribution is 0.356. The lowest BCUT2D eigenvalue weighted by atomic mass is 10.1. The second-order valence-corrected chi connectivity index (χ2v) is 8.15. The van der Waals surface area contributed by atoms with Crippen LogP contribution in [0.4, 0.5) is 0 Å². The van der Waals surface area contributed by atoms with Crippen molar-refractivity contribution in [2.24, 2.45) is 0 Å². The number of rotatable bonds is 5. The highest BCUT2D eigenvalue weighted by Gasteiger charge is 2.20. The lowest BCUT2D eigenvalue weighted by Crippen LogP contribution is -2.22. The molecular formula is C21H23ClN6. The third-order valence-corrected chi connectivity index (χ3v) is 4.92. The number of pyridine rings is 1. The molecule has 0 aliphatic heterocycles. The summed E-state index contributed by atoms with van der Waals surface area (Å²) in [6.07, 6.45) is 4.06. The summed E-state index contributed by atoms with van der Waals surface area (Å²) in [4.78, 5) is 0. The van der Waals surface area contributed by atoms with Crippen LogP contribution < -0.4 is 5.32 Å². The van der Waals surface area contributed by atoms with Crippen molar-refractivity contribution in [3.63, 3.8) is 0 Å². The van der Waals surface area contributed by atoms with Gasteiger partial charge in [-0.3, -0.25) is 9.08 Å². The summed E-state index contributed by atoms with van der Waals surface area (Å²) in [6.45, 7) is 7.66. The summed E-state index contributed by atoms with van der Waals surface area (Å²) in [5.41, 5.74) is 3.67. The highest BCUT2D eigenvalue weighted by atomic mass is 35.5. The van der Waals surface area contributed by atoms with E-state index in [0.29, 0.717) is 18.1 Å². The Hall–Kier alpha value is -2.70. The molecule has 3 aromatic heterocycles. The first kappa shape index (κ1) is 18.7. The molecule has 0 amide bonds. The number of nitrogens with zero attached hydrogens (tertiary/aromatic N) is 5. The van der Waals surface area contributed by atoms with Crippen LogP contribution in [0.15, 0.2) is 54.9 Å². The highest BCUT2D eigenvalue weighted by molar-refractivity contribution is 6.33. The Morgan fingerprint density at radius 1 is 1.00 bits per heavy atom. The molecule has 3 heterocycles. The summed E-state index contributed by atoms with van der Waals surface area (Å²) < 4.78 is 3.98. The van der Waals surface area contributed by atoms with Crippen molar-refractivity contribution in [2.75, 3.05) is 0 Å². The van der Waals surface area contributed by atoms with Gasteiger partial charge in [-0.1, -0.05) is 35.9 Å². The van der Waals surface area contributed by atoms with Crippen LogP contribution in [0.1, 0.15) is 32.2 Å². The Labute approximate surface area is 169 Å². The molecule has 0 fully saturated rings. The fourth-order valence-corrected chi connectivity index (χ4v) is 3.31. The summed E-state index contributed by atoms with van der Waals surface area (Å²) in [6, 6.07) is 13.7. The normalized spacial score (nSPS) is 12.0. The van der Waals surface area contributed by atoms with Crippen LogP contribution in [-0.2, 0) is 18.6 Å². The van der Waals surface area contributed by atoms with E-state index < -0.39 is 0 Å². The standard InChI is InChI=1S/C21H23ClN6/c1-21(2,3)28-14-15(20(26-28)16-8-4-5-9-17(16)22)12-23-13-19-25-24-18-10-6-7-11-27(18)19/h4-11,14,23H,12-13H2,1-3H3. The highest BCUT2D eigenvalue weighted by Crippen LogP contribution is 2.30. The van der Waals surface area contributed by atoms with E-state index >= 15 is 0 Å². The van der Waals surface area contributed by atoms with Crippen molar-refractivity contribution in [3.8, 4) is 11.3 Å². The zero-order chi connectivity index (χ0) is 19.7. The maximum absolute atomic E-state index is 6.44. The van der Waals surface area contributed by atoms with Gasteiger partial charge in [0.2, 0.25) is 0 Å². The topological polar surface area (TPSA) is 60.0 Å². The molecule has 0 saturated carbocycles. The van der Waals surface area contributed by atoms with Crippen LogP contribution in [0, 0.1) is 0 Å². The summed E-state index contributed by atoms with van der Waals surface area (Å²) in [7, 11) is 0. The van der Waals surface area contributed by atoms with E-state index in [0.717, 1.165) is 28.3 Å². The number of hydrogen-bond donors (Lipinski definition) is 1. The zero-order valence-electron chi connectivity index (χ0n) is 16.2. The average Bonchev–Trinajstić information content (AvgIpc) is 3.27. The second-order valence-electron chi connectivity index (χ2n) is 7.75. The number of nitrogens with one attached hydrogen (secondary N) is 1. The number of benzene rings is 1. The van der Waals surface area contributed by atoms with Gasteiger partial charge in [-0.25, -0.2) is 0 Å². The number of aromatic nitrogens is 5. The summed E-state index contributed by atoms with van der Waals surface area (Å²) in [5, 5.41) is 17.5. The first-order valence-electron chi connectivity index (χ1n) is 9.27. The van der Waals surface area contributed by atoms with Gasteiger partial charge in [-0.05, 0) is 39.0 Å². The van der Waals surface area contributed by atoms with E-state index in [-0.39, 0.29) is 5.54 Å². The number of fused-ring (bicyclic) bond motifs is 1. The van der Waals surface area contributed by atoms with Gasteiger partial charge in [0.15, 0.2) is 11.5 Å². The Morgan fingerprint density at radius 2 is 1.79 bits per heavy atom. The quantitative estimate of drug-likeness (QED) is 0.548. The van der Waals surface area contributed by atoms with Gasteiger partial charge in [-0.2, -0.15) is 5.10 Å². The van der Waals surface area contributed by atoms with Gasteiger partial charge in [-0.15, -0.1) is 10.2 Å². The Bertz CT molecular complexity index is 1110. The van der Waals surface area contributed by atoms with Crippen LogP contribution in [0.2, 0.25) is 5.02 Å². The van der Waals surface area contributed by atoms with Gasteiger partial charge < -0.3 is 5.32 Å². The SMILES string of the molecule is CC(C)(C)n1cc(CNCc2nnc3ccccn23)c(-c2ccccc2Cl)n1. The van der Waals surface area contributed by atoms with Gasteiger partial charge in [0.05, 0.1) is 22.8 Å². The fourth-order valence-electron chi connectivity index (χ4n) is 3.08. The third-order valence-electron chi connectivity index (χ3n) is 4.59. The van der Waals surface area contributed by atoms with E-state index in [1.54, 1.807) is 0 Å². The predicted molar refractivity (Wildman–Crippen MR) is 111 cm³/mol. The number of halogens is 1. The maximum atomic E-state index is 6.44. The molecule has 0 aliphatic rings. The largest absolute Gasteiger partial charge is 0.306 e. The molecule has 0 saturated heterocycles. The Balaban J connectivity index is 1.60. The molecule has 0 aliphatic carbocycles. The molecule has 4 aromatic rings. The predicted octanol–water partition coefficient (Wildman–Crippen LogP) is 4.29. The first-order chi connectivity index (χ1) is 13.4. The van der Waals surface area contributed by atoms with Gasteiger partial charge >= 0.3 is 0 Å². The Morgan fingerprint density at radius 3 is 2.57 bits per heavy atom. The Kier molecular flexibility index (Phi) is 4.91. The molecule has 0 unspecified atom stereocenters. The van der Waals surface area contributed by atoms with E-state index in [2.05, 4.69) is 42.5 Å². The van der Waals surface area contributed by atoms with Crippen molar-refractivity contribution in [1.29, 1.82) is 0 Å². The van der Waals surface area contributed by atoms with Gasteiger partial charge in [0, 0.05) is 30.1 Å². The molecule has 4 rings (SSSR count). The molecule has 0 atom stereocenters. The minimum Gasteiger partial charge on any atom is -0.306 e. The fraction of sp³-hybridized carbons (Fsp3) is 0.286. The van der Waals surface area contributed by atoms with E-state index in [9.17, 15) is 0 Å². The van der Waals surface area contributed by atoms with Crippen molar-refractivity contribution in [2.45, 2.75) is 39.4 Å². The second kappa shape index (κ2) is 7.37. The first-order valence-corrected chi connectivity index (χ1v) is 9.64. The van der Waals surface area contributed by atoms with E-state index in [1.165, 1.54) is 0 Å². The summed E-state index contributed by atoms with van der Waals surface area (Å²) >= 11 is 6.44. The lowest BCUT2D eigenvalue weighted by Gasteiger charge is -2.18. The minimum absolute atomic E-state index is 0.114. The molecule has 7 heteroatoms. The third kappa shape index (κ3) is 3.66. The molecule has 0 spiro atoms. The maximum Gasteiger partial charge on any atom is 0.160 e. The monoisotopic (exact) mass is 394 g/mol. The number of hydrogen-bond acceptors (Lipinski definition) is 4. The van der Waals surface area contributed by atoms with Crippen molar-refractivity contribution in [1.82, 2.24) is 29.7 Å². The molecule has 0 bridgehead atoms. The van der Waals surface area contributed by atoms with Crippen LogP contribution in [0.3, 0.4) is 0 Å². The van der Waals surface area contributed by atoms with Crippen LogP contribution >= 0.6 is 11.6 Å². The molecule has 1 N–H and O–H groups in total. The van der Waals surface area contributed by atoms with Crippen LogP contribution in [-0.4, -0.2) is 24.4 Å². The zero-order valence-corrected chi connectivity index (χ0v) is 17.0. The molecule has 0 radical (unpaired) electrons. The van der Waals surface area contributed by atoms with Crippen molar-refractivity contribution >= 4 is 17.2 Å².